The molecule has 3 rings (SSSR count). The molecule has 0 fully saturated rings. The van der Waals surface area contributed by atoms with E-state index < -0.39 is 24.4 Å². The van der Waals surface area contributed by atoms with Crippen molar-refractivity contribution in [3.8, 4) is 0 Å². The van der Waals surface area contributed by atoms with Crippen LogP contribution in [0.25, 0.3) is 0 Å². The fraction of sp³-hybridized carbons (Fsp3) is 0.217. The molecule has 0 aliphatic heterocycles. The Kier molecular flexibility index (Phi) is 5.87. The summed E-state index contributed by atoms with van der Waals surface area (Å²) in [7, 11) is 0. The number of aliphatic hydroxyl groups is 1. The molecule has 0 heterocycles. The van der Waals surface area contributed by atoms with Crippen molar-refractivity contribution >= 4 is 0 Å². The molecule has 0 aliphatic rings. The van der Waals surface area contributed by atoms with E-state index in [0.29, 0.717) is 5.56 Å². The van der Waals surface area contributed by atoms with Crippen LogP contribution >= 0.6 is 0 Å². The van der Waals surface area contributed by atoms with E-state index in [1.807, 2.05) is 6.92 Å². The number of nitrogens with one attached hydrogen (secondary N) is 1. The van der Waals surface area contributed by atoms with Gasteiger partial charge < -0.3 is 5.11 Å². The number of aryl methyl sites for hydroxylation is 1. The molecule has 0 spiro atoms. The molecule has 2 N–H and O–H groups in total. The maximum absolute atomic E-state index is 14.7. The number of hydrogen-bond donors (Lipinski definition) is 2. The smallest absolute Gasteiger partial charge is 0.394 e. The van der Waals surface area contributed by atoms with Gasteiger partial charge in [-0.15, -0.1) is 0 Å². The highest BCUT2D eigenvalue weighted by atomic mass is 19.4. The lowest BCUT2D eigenvalue weighted by Gasteiger charge is -2.40. The predicted molar refractivity (Wildman–Crippen MR) is 104 cm³/mol. The molecule has 3 aromatic rings. The maximum Gasteiger partial charge on any atom is 0.415 e. The zero-order valence-electron chi connectivity index (χ0n) is 15.4. The van der Waals surface area contributed by atoms with Gasteiger partial charge in [-0.1, -0.05) is 90.5 Å². The summed E-state index contributed by atoms with van der Waals surface area (Å²) >= 11 is 0. The van der Waals surface area contributed by atoms with Gasteiger partial charge in [0.1, 0.15) is 0 Å². The first-order valence-electron chi connectivity index (χ1n) is 9.01. The second-order valence-corrected chi connectivity index (χ2v) is 6.77. The Morgan fingerprint density at radius 1 is 0.786 bits per heavy atom. The third kappa shape index (κ3) is 3.81. The van der Waals surface area contributed by atoms with Crippen molar-refractivity contribution in [2.75, 3.05) is 6.61 Å². The van der Waals surface area contributed by atoms with Crippen molar-refractivity contribution in [1.82, 2.24) is 5.32 Å². The molecule has 146 valence electrons. The van der Waals surface area contributed by atoms with Crippen LogP contribution < -0.4 is 5.32 Å². The van der Waals surface area contributed by atoms with Crippen LogP contribution in [0, 0.1) is 6.92 Å². The van der Waals surface area contributed by atoms with Crippen LogP contribution in [0.15, 0.2) is 84.9 Å². The van der Waals surface area contributed by atoms with Gasteiger partial charge >= 0.3 is 6.18 Å². The summed E-state index contributed by atoms with van der Waals surface area (Å²) in [6.45, 7) is 1.36. The molecule has 0 unspecified atom stereocenters. The molecule has 0 amide bonds. The van der Waals surface area contributed by atoms with Crippen LogP contribution in [0.3, 0.4) is 0 Å². The average Bonchev–Trinajstić information content (AvgIpc) is 2.70. The number of hydrogen-bond acceptors (Lipinski definition) is 2. The number of rotatable bonds is 6. The fourth-order valence-corrected chi connectivity index (χ4v) is 3.42. The van der Waals surface area contributed by atoms with E-state index in [1.165, 1.54) is 24.3 Å². The minimum Gasteiger partial charge on any atom is -0.394 e. The van der Waals surface area contributed by atoms with Crippen LogP contribution in [0.5, 0.6) is 0 Å². The summed E-state index contributed by atoms with van der Waals surface area (Å²) in [5.41, 5.74) is -0.867. The van der Waals surface area contributed by atoms with Crippen molar-refractivity contribution in [3.05, 3.63) is 107 Å². The Labute approximate surface area is 162 Å². The van der Waals surface area contributed by atoms with Crippen LogP contribution in [-0.4, -0.2) is 17.9 Å². The summed E-state index contributed by atoms with van der Waals surface area (Å²) in [5, 5.41) is 12.7. The summed E-state index contributed by atoms with van der Waals surface area (Å²) < 4.78 is 44.1. The molecule has 2 nitrogen and oxygen atoms in total. The standard InChI is InChI=1S/C23H22F3NO/c1-17-12-14-20(15-13-17)22(23(24,25)26,19-10-6-3-7-11-19)27-21(16-28)18-8-4-2-5-9-18/h2-15,21,27-28H,16H2,1H3/t21-,22+/m0/s1. The Hall–Kier alpha value is -2.63. The molecule has 3 aromatic carbocycles. The van der Waals surface area contributed by atoms with Gasteiger partial charge in [0.15, 0.2) is 5.54 Å². The molecule has 28 heavy (non-hydrogen) atoms. The third-order valence-electron chi connectivity index (χ3n) is 4.89. The van der Waals surface area contributed by atoms with Crippen LogP contribution in [0.1, 0.15) is 28.3 Å². The van der Waals surface area contributed by atoms with Crippen LogP contribution in [-0.2, 0) is 5.54 Å². The highest BCUT2D eigenvalue weighted by Crippen LogP contribution is 2.45. The largest absolute Gasteiger partial charge is 0.415 e. The molecule has 0 saturated heterocycles. The second kappa shape index (κ2) is 8.17. The van der Waals surface area contributed by atoms with E-state index in [2.05, 4.69) is 5.32 Å². The normalized spacial score (nSPS) is 15.0. The van der Waals surface area contributed by atoms with E-state index in [-0.39, 0.29) is 11.1 Å². The molecule has 2 atom stereocenters. The van der Waals surface area contributed by atoms with Gasteiger partial charge in [-0.2, -0.15) is 13.2 Å². The van der Waals surface area contributed by atoms with Crippen LogP contribution in [0.2, 0.25) is 0 Å². The van der Waals surface area contributed by atoms with Crippen molar-refractivity contribution < 1.29 is 18.3 Å². The summed E-state index contributed by atoms with van der Waals surface area (Å²) in [5.74, 6) is 0. The minimum atomic E-state index is -4.65. The highest BCUT2D eigenvalue weighted by molar-refractivity contribution is 5.42. The van der Waals surface area contributed by atoms with E-state index in [9.17, 15) is 18.3 Å². The first-order valence-corrected chi connectivity index (χ1v) is 9.01. The van der Waals surface area contributed by atoms with Gasteiger partial charge in [-0.3, -0.25) is 5.32 Å². The summed E-state index contributed by atoms with van der Waals surface area (Å²) in [6.07, 6.45) is -4.65. The summed E-state index contributed by atoms with van der Waals surface area (Å²) in [6, 6.07) is 21.8. The molecular weight excluding hydrogens is 363 g/mol. The van der Waals surface area contributed by atoms with E-state index in [1.54, 1.807) is 60.7 Å². The Bertz CT molecular complexity index is 879. The minimum absolute atomic E-state index is 0.0701. The lowest BCUT2D eigenvalue weighted by atomic mass is 9.80. The SMILES string of the molecule is Cc1ccc([C@](N[C@@H](CO)c2ccccc2)(c2ccccc2)C(F)(F)F)cc1. The monoisotopic (exact) mass is 385 g/mol. The van der Waals surface area contributed by atoms with E-state index in [4.69, 9.17) is 0 Å². The fourth-order valence-electron chi connectivity index (χ4n) is 3.42. The van der Waals surface area contributed by atoms with Gasteiger partial charge in [0, 0.05) is 0 Å². The lowest BCUT2D eigenvalue weighted by molar-refractivity contribution is -0.191. The number of aliphatic hydroxyl groups excluding tert-OH is 1. The zero-order valence-corrected chi connectivity index (χ0v) is 15.4. The van der Waals surface area contributed by atoms with Crippen molar-refractivity contribution in [2.24, 2.45) is 0 Å². The van der Waals surface area contributed by atoms with E-state index >= 15 is 0 Å². The Balaban J connectivity index is 2.22. The molecule has 0 aliphatic carbocycles. The van der Waals surface area contributed by atoms with Crippen molar-refractivity contribution in [2.45, 2.75) is 24.7 Å². The summed E-state index contributed by atoms with van der Waals surface area (Å²) in [4.78, 5) is 0. The topological polar surface area (TPSA) is 32.3 Å². The highest BCUT2D eigenvalue weighted by Gasteiger charge is 2.58. The second-order valence-electron chi connectivity index (χ2n) is 6.77. The number of benzene rings is 3. The van der Waals surface area contributed by atoms with Gasteiger partial charge in [-0.25, -0.2) is 0 Å². The molecule has 0 bridgehead atoms. The predicted octanol–water partition coefficient (Wildman–Crippen LogP) is 5.12. The van der Waals surface area contributed by atoms with Gasteiger partial charge in [0.05, 0.1) is 12.6 Å². The molecular formula is C23H22F3NO. The first-order chi connectivity index (χ1) is 13.4. The number of halogens is 3. The van der Waals surface area contributed by atoms with Crippen LogP contribution in [0.4, 0.5) is 13.2 Å². The number of alkyl halides is 3. The molecule has 0 aromatic heterocycles. The lowest BCUT2D eigenvalue weighted by Crippen LogP contribution is -2.56. The Morgan fingerprint density at radius 2 is 1.29 bits per heavy atom. The maximum atomic E-state index is 14.7. The Morgan fingerprint density at radius 3 is 1.79 bits per heavy atom. The first kappa shape index (κ1) is 20.1. The molecule has 0 saturated carbocycles. The van der Waals surface area contributed by atoms with Crippen molar-refractivity contribution in [1.29, 1.82) is 0 Å². The zero-order chi connectivity index (χ0) is 20.2. The van der Waals surface area contributed by atoms with Crippen molar-refractivity contribution in [3.63, 3.8) is 0 Å². The van der Waals surface area contributed by atoms with Gasteiger partial charge in [0.25, 0.3) is 0 Å². The third-order valence-corrected chi connectivity index (χ3v) is 4.89. The molecule has 0 radical (unpaired) electrons. The van der Waals surface area contributed by atoms with Gasteiger partial charge in [0.2, 0.25) is 0 Å². The quantitative estimate of drug-likeness (QED) is 0.617. The van der Waals surface area contributed by atoms with E-state index in [0.717, 1.165) is 5.56 Å². The average molecular weight is 385 g/mol. The molecule has 5 heteroatoms. The van der Waals surface area contributed by atoms with Gasteiger partial charge in [-0.05, 0) is 23.6 Å².